The number of carbonyl (C=O) groups excluding carboxylic acids is 1. The number of carbonyl (C=O) groups is 1. The summed E-state index contributed by atoms with van der Waals surface area (Å²) >= 11 is 0. The number of hydrogen-bond donors (Lipinski definition) is 2. The number of hydrazone groups is 1. The summed E-state index contributed by atoms with van der Waals surface area (Å²) in [7, 11) is 1.79. The molecule has 1 aliphatic heterocycles. The van der Waals surface area contributed by atoms with Gasteiger partial charge in [-0.25, -0.2) is 0 Å². The summed E-state index contributed by atoms with van der Waals surface area (Å²) in [6.45, 7) is 8.41. The molecular weight excluding hydrogens is 368 g/mol. The molecule has 0 aliphatic carbocycles. The zero-order chi connectivity index (χ0) is 20.8. The first-order valence-corrected chi connectivity index (χ1v) is 9.36. The van der Waals surface area contributed by atoms with Crippen molar-refractivity contribution in [1.82, 2.24) is 9.99 Å². The van der Waals surface area contributed by atoms with E-state index in [1.165, 1.54) is 0 Å². The van der Waals surface area contributed by atoms with E-state index in [0.717, 1.165) is 29.9 Å². The van der Waals surface area contributed by atoms with Crippen molar-refractivity contribution in [3.05, 3.63) is 54.0 Å². The molecule has 0 unspecified atom stereocenters. The van der Waals surface area contributed by atoms with Gasteiger partial charge < -0.3 is 20.7 Å². The van der Waals surface area contributed by atoms with Crippen molar-refractivity contribution in [2.24, 2.45) is 5.10 Å². The number of benzene rings is 1. The number of nitrogens with zero attached hydrogens (tertiary/aromatic N) is 4. The summed E-state index contributed by atoms with van der Waals surface area (Å²) in [5, 5.41) is 8.27. The minimum atomic E-state index is -0.311. The Bertz CT molecular complexity index is 904. The van der Waals surface area contributed by atoms with Crippen LogP contribution >= 0.6 is 0 Å². The number of pyridine rings is 1. The van der Waals surface area contributed by atoms with Crippen molar-refractivity contribution in [2.75, 3.05) is 49.3 Å². The van der Waals surface area contributed by atoms with E-state index in [2.05, 4.69) is 27.0 Å². The number of allylic oxidation sites excluding steroid dienone is 1. The van der Waals surface area contributed by atoms with Gasteiger partial charge in [0.2, 0.25) is 0 Å². The van der Waals surface area contributed by atoms with Gasteiger partial charge in [-0.2, -0.15) is 5.10 Å². The Morgan fingerprint density at radius 2 is 2.10 bits per heavy atom. The number of anilines is 3. The first-order chi connectivity index (χ1) is 14.0. The molecule has 0 radical (unpaired) electrons. The summed E-state index contributed by atoms with van der Waals surface area (Å²) in [5.74, 6) is -0.311. The molecule has 1 amide bonds. The molecule has 3 rings (SSSR count). The summed E-state index contributed by atoms with van der Waals surface area (Å²) < 4.78 is 5.39. The molecule has 8 heteroatoms. The predicted octanol–water partition coefficient (Wildman–Crippen LogP) is 2.66. The van der Waals surface area contributed by atoms with E-state index < -0.39 is 0 Å². The summed E-state index contributed by atoms with van der Waals surface area (Å²) in [5.41, 5.74) is 10.3. The number of nitrogens with two attached hydrogens (primary N) is 1. The minimum absolute atomic E-state index is 0.311. The molecule has 29 heavy (non-hydrogen) atoms. The topological polar surface area (TPSA) is 96.1 Å². The molecule has 0 atom stereocenters. The zero-order valence-electron chi connectivity index (χ0n) is 16.8. The lowest BCUT2D eigenvalue weighted by Crippen LogP contribution is -2.36. The molecule has 8 nitrogen and oxygen atoms in total. The molecule has 1 aromatic heterocycles. The van der Waals surface area contributed by atoms with E-state index in [-0.39, 0.29) is 5.91 Å². The molecule has 1 aliphatic rings. The van der Waals surface area contributed by atoms with Crippen LogP contribution in [0.2, 0.25) is 0 Å². The standard InChI is InChI=1S/C21H26N6O2/c1-15(14-26(3)23-2)16-4-7-19(24-13-16)21(28)25-20-12-17(5-6-18(20)22)27-8-10-29-11-9-27/h4-7,12-14H,2,8-11,22H2,1,3H3,(H,25,28)/b15-14+. The van der Waals surface area contributed by atoms with Gasteiger partial charge in [0.15, 0.2) is 0 Å². The summed E-state index contributed by atoms with van der Waals surface area (Å²) in [6, 6.07) is 9.17. The number of morpholine rings is 1. The Labute approximate surface area is 170 Å². The van der Waals surface area contributed by atoms with Crippen molar-refractivity contribution in [3.63, 3.8) is 0 Å². The number of ether oxygens (including phenoxy) is 1. The van der Waals surface area contributed by atoms with Gasteiger partial charge in [-0.3, -0.25) is 14.8 Å². The largest absolute Gasteiger partial charge is 0.397 e. The van der Waals surface area contributed by atoms with Gasteiger partial charge in [0, 0.05) is 44.9 Å². The quantitative estimate of drug-likeness (QED) is 0.444. The van der Waals surface area contributed by atoms with Crippen LogP contribution in [0.1, 0.15) is 23.0 Å². The molecule has 2 aromatic rings. The van der Waals surface area contributed by atoms with Gasteiger partial charge in [0.05, 0.1) is 24.6 Å². The fraction of sp³-hybridized carbons (Fsp3) is 0.286. The van der Waals surface area contributed by atoms with Crippen molar-refractivity contribution >= 4 is 35.3 Å². The van der Waals surface area contributed by atoms with Crippen LogP contribution in [0.25, 0.3) is 5.57 Å². The number of rotatable bonds is 6. The number of hydrogen-bond acceptors (Lipinski definition) is 7. The monoisotopic (exact) mass is 394 g/mol. The molecule has 2 heterocycles. The minimum Gasteiger partial charge on any atom is -0.397 e. The van der Waals surface area contributed by atoms with E-state index >= 15 is 0 Å². The molecule has 1 aromatic carbocycles. The lowest BCUT2D eigenvalue weighted by atomic mass is 10.1. The average Bonchev–Trinajstić information content (AvgIpc) is 2.75. The van der Waals surface area contributed by atoms with E-state index in [1.54, 1.807) is 30.4 Å². The Hall–Kier alpha value is -3.39. The number of amides is 1. The van der Waals surface area contributed by atoms with Crippen LogP contribution in [0.3, 0.4) is 0 Å². The van der Waals surface area contributed by atoms with E-state index in [4.69, 9.17) is 10.5 Å². The third kappa shape index (κ3) is 5.11. The Balaban J connectivity index is 1.73. The lowest BCUT2D eigenvalue weighted by molar-refractivity contribution is 0.102. The molecule has 152 valence electrons. The Kier molecular flexibility index (Phi) is 6.46. The number of nitrogens with one attached hydrogen (secondary N) is 1. The Morgan fingerprint density at radius 1 is 1.34 bits per heavy atom. The second kappa shape index (κ2) is 9.20. The summed E-state index contributed by atoms with van der Waals surface area (Å²) in [4.78, 5) is 19.1. The molecule has 0 spiro atoms. The molecule has 1 saturated heterocycles. The van der Waals surface area contributed by atoms with Crippen LogP contribution in [-0.2, 0) is 4.74 Å². The third-order valence-corrected chi connectivity index (χ3v) is 4.72. The highest BCUT2D eigenvalue weighted by molar-refractivity contribution is 6.04. The second-order valence-corrected chi connectivity index (χ2v) is 6.78. The van der Waals surface area contributed by atoms with E-state index in [0.29, 0.717) is 30.3 Å². The maximum atomic E-state index is 12.7. The smallest absolute Gasteiger partial charge is 0.274 e. The fourth-order valence-corrected chi connectivity index (χ4v) is 3.01. The average molecular weight is 394 g/mol. The van der Waals surface area contributed by atoms with Crippen molar-refractivity contribution in [2.45, 2.75) is 6.92 Å². The van der Waals surface area contributed by atoms with Crippen molar-refractivity contribution < 1.29 is 9.53 Å². The maximum Gasteiger partial charge on any atom is 0.274 e. The van der Waals surface area contributed by atoms with E-state index in [1.807, 2.05) is 31.3 Å². The van der Waals surface area contributed by atoms with Crippen LogP contribution in [0.4, 0.5) is 17.1 Å². The molecule has 0 saturated carbocycles. The highest BCUT2D eigenvalue weighted by atomic mass is 16.5. The molecule has 0 bridgehead atoms. The van der Waals surface area contributed by atoms with Crippen molar-refractivity contribution in [1.29, 1.82) is 0 Å². The van der Waals surface area contributed by atoms with Gasteiger partial charge in [0.25, 0.3) is 5.91 Å². The van der Waals surface area contributed by atoms with Gasteiger partial charge in [-0.1, -0.05) is 6.07 Å². The third-order valence-electron chi connectivity index (χ3n) is 4.72. The Morgan fingerprint density at radius 3 is 2.76 bits per heavy atom. The summed E-state index contributed by atoms with van der Waals surface area (Å²) in [6.07, 6.45) is 3.49. The van der Waals surface area contributed by atoms with Gasteiger partial charge in [-0.15, -0.1) is 0 Å². The molecule has 1 fully saturated rings. The van der Waals surface area contributed by atoms with Crippen LogP contribution in [0, 0.1) is 0 Å². The van der Waals surface area contributed by atoms with Crippen LogP contribution in [0.5, 0.6) is 0 Å². The maximum absolute atomic E-state index is 12.7. The molecule has 3 N–H and O–H groups in total. The van der Waals surface area contributed by atoms with Crippen LogP contribution in [-0.4, -0.2) is 56.0 Å². The van der Waals surface area contributed by atoms with Gasteiger partial charge in [-0.05, 0) is 42.3 Å². The highest BCUT2D eigenvalue weighted by Gasteiger charge is 2.15. The van der Waals surface area contributed by atoms with Crippen molar-refractivity contribution in [3.8, 4) is 0 Å². The van der Waals surface area contributed by atoms with Crippen LogP contribution < -0.4 is 16.0 Å². The first kappa shape index (κ1) is 20.3. The van der Waals surface area contributed by atoms with E-state index in [9.17, 15) is 4.79 Å². The van der Waals surface area contributed by atoms with Gasteiger partial charge >= 0.3 is 0 Å². The zero-order valence-corrected chi connectivity index (χ0v) is 16.8. The highest BCUT2D eigenvalue weighted by Crippen LogP contribution is 2.26. The fourth-order valence-electron chi connectivity index (χ4n) is 3.01. The lowest BCUT2D eigenvalue weighted by Gasteiger charge is -2.29. The van der Waals surface area contributed by atoms with Crippen LogP contribution in [0.15, 0.2) is 47.8 Å². The number of aromatic nitrogens is 1. The SMILES string of the molecule is C=NN(C)/C=C(\C)c1ccc(C(=O)Nc2cc(N3CCOCC3)ccc2N)nc1. The second-order valence-electron chi connectivity index (χ2n) is 6.78. The first-order valence-electron chi connectivity index (χ1n) is 9.36. The van der Waals surface area contributed by atoms with Gasteiger partial charge in [0.1, 0.15) is 5.69 Å². The molecular formula is C21H26N6O2. The number of nitrogen functional groups attached to an aromatic ring is 1. The normalized spacial score (nSPS) is 14.4. The predicted molar refractivity (Wildman–Crippen MR) is 117 cm³/mol.